The standard InChI is InChI=1S/C12H11N3O/c1-7-14-11-6-13-10-4-3-8(16)5-9(10)12(11)15(7)2/h3-6,16H,1-2H3. The first-order valence-corrected chi connectivity index (χ1v) is 5.07. The fourth-order valence-electron chi connectivity index (χ4n) is 2.00. The molecule has 2 heterocycles. The highest BCUT2D eigenvalue weighted by Gasteiger charge is 2.09. The summed E-state index contributed by atoms with van der Waals surface area (Å²) < 4.78 is 2.01. The molecule has 0 saturated carbocycles. The van der Waals surface area contributed by atoms with Crippen molar-refractivity contribution in [2.24, 2.45) is 7.05 Å². The Morgan fingerprint density at radius 3 is 2.88 bits per heavy atom. The van der Waals surface area contributed by atoms with Crippen LogP contribution in [-0.2, 0) is 7.05 Å². The zero-order chi connectivity index (χ0) is 11.3. The topological polar surface area (TPSA) is 50.9 Å². The maximum atomic E-state index is 9.53. The van der Waals surface area contributed by atoms with E-state index in [-0.39, 0.29) is 5.75 Å². The van der Waals surface area contributed by atoms with E-state index in [1.165, 1.54) is 0 Å². The summed E-state index contributed by atoms with van der Waals surface area (Å²) in [6.45, 7) is 1.95. The van der Waals surface area contributed by atoms with Crippen molar-refractivity contribution in [3.63, 3.8) is 0 Å². The van der Waals surface area contributed by atoms with Gasteiger partial charge in [0.2, 0.25) is 0 Å². The predicted octanol–water partition coefficient (Wildman–Crippen LogP) is 2.14. The number of benzene rings is 1. The van der Waals surface area contributed by atoms with Gasteiger partial charge in [-0.2, -0.15) is 0 Å². The van der Waals surface area contributed by atoms with Crippen molar-refractivity contribution in [3.8, 4) is 5.75 Å². The first-order valence-electron chi connectivity index (χ1n) is 5.07. The zero-order valence-corrected chi connectivity index (χ0v) is 9.10. The maximum Gasteiger partial charge on any atom is 0.116 e. The summed E-state index contributed by atoms with van der Waals surface area (Å²) in [5.74, 6) is 1.19. The van der Waals surface area contributed by atoms with Gasteiger partial charge in [0.15, 0.2) is 0 Å². The number of imidazole rings is 1. The summed E-state index contributed by atoms with van der Waals surface area (Å²) in [5.41, 5.74) is 2.74. The quantitative estimate of drug-likeness (QED) is 0.622. The van der Waals surface area contributed by atoms with E-state index in [0.717, 1.165) is 27.8 Å². The fraction of sp³-hybridized carbons (Fsp3) is 0.167. The van der Waals surface area contributed by atoms with Crippen LogP contribution in [0, 0.1) is 6.92 Å². The minimum absolute atomic E-state index is 0.251. The Hall–Kier alpha value is -2.10. The van der Waals surface area contributed by atoms with Crippen LogP contribution in [0.1, 0.15) is 5.82 Å². The third kappa shape index (κ3) is 1.10. The molecule has 0 aliphatic carbocycles. The average molecular weight is 213 g/mol. The first-order chi connectivity index (χ1) is 7.66. The van der Waals surface area contributed by atoms with Gasteiger partial charge in [-0.05, 0) is 25.1 Å². The van der Waals surface area contributed by atoms with Crippen LogP contribution < -0.4 is 0 Å². The van der Waals surface area contributed by atoms with Crippen LogP contribution >= 0.6 is 0 Å². The van der Waals surface area contributed by atoms with Crippen LogP contribution in [0.2, 0.25) is 0 Å². The van der Waals surface area contributed by atoms with Crippen LogP contribution in [0.5, 0.6) is 5.75 Å². The van der Waals surface area contributed by atoms with Crippen LogP contribution in [0.25, 0.3) is 21.9 Å². The largest absolute Gasteiger partial charge is 0.508 e. The van der Waals surface area contributed by atoms with E-state index in [1.807, 2.05) is 24.6 Å². The summed E-state index contributed by atoms with van der Waals surface area (Å²) >= 11 is 0. The smallest absolute Gasteiger partial charge is 0.116 e. The molecule has 1 aromatic carbocycles. The molecule has 0 aliphatic rings. The summed E-state index contributed by atoms with van der Waals surface area (Å²) in [7, 11) is 1.97. The number of phenols is 1. The molecule has 3 aromatic rings. The molecule has 0 aliphatic heterocycles. The molecule has 0 fully saturated rings. The van der Waals surface area contributed by atoms with Crippen molar-refractivity contribution < 1.29 is 5.11 Å². The number of phenolic OH excluding ortho intramolecular Hbond substituents is 1. The van der Waals surface area contributed by atoms with Gasteiger partial charge in [0.25, 0.3) is 0 Å². The zero-order valence-electron chi connectivity index (χ0n) is 9.10. The lowest BCUT2D eigenvalue weighted by molar-refractivity contribution is 0.476. The number of nitrogens with zero attached hydrogens (tertiary/aromatic N) is 3. The Morgan fingerprint density at radius 1 is 1.25 bits per heavy atom. The van der Waals surface area contributed by atoms with Gasteiger partial charge in [-0.25, -0.2) is 4.98 Å². The van der Waals surface area contributed by atoms with E-state index in [2.05, 4.69) is 9.97 Å². The molecule has 0 amide bonds. The summed E-state index contributed by atoms with van der Waals surface area (Å²) in [4.78, 5) is 8.73. The monoisotopic (exact) mass is 213 g/mol. The summed E-state index contributed by atoms with van der Waals surface area (Å²) in [6, 6.07) is 5.18. The Balaban J connectivity index is 2.60. The van der Waals surface area contributed by atoms with Gasteiger partial charge in [0.1, 0.15) is 17.1 Å². The minimum Gasteiger partial charge on any atom is -0.508 e. The van der Waals surface area contributed by atoms with Crippen molar-refractivity contribution in [2.45, 2.75) is 6.92 Å². The average Bonchev–Trinajstić information content (AvgIpc) is 2.55. The molecule has 4 nitrogen and oxygen atoms in total. The van der Waals surface area contributed by atoms with Gasteiger partial charge in [-0.15, -0.1) is 0 Å². The van der Waals surface area contributed by atoms with Gasteiger partial charge in [-0.3, -0.25) is 4.98 Å². The molecular formula is C12H11N3O. The van der Waals surface area contributed by atoms with E-state index < -0.39 is 0 Å². The van der Waals surface area contributed by atoms with Crippen LogP contribution in [0.3, 0.4) is 0 Å². The Labute approximate surface area is 92.2 Å². The summed E-state index contributed by atoms with van der Waals surface area (Å²) in [5, 5.41) is 10.5. The second kappa shape index (κ2) is 2.95. The molecular weight excluding hydrogens is 202 g/mol. The summed E-state index contributed by atoms with van der Waals surface area (Å²) in [6.07, 6.45) is 1.77. The van der Waals surface area contributed by atoms with Gasteiger partial charge >= 0.3 is 0 Å². The molecule has 0 radical (unpaired) electrons. The number of rotatable bonds is 0. The van der Waals surface area contributed by atoms with Crippen molar-refractivity contribution in [2.75, 3.05) is 0 Å². The third-order valence-corrected chi connectivity index (χ3v) is 2.91. The number of fused-ring (bicyclic) bond motifs is 3. The lowest BCUT2D eigenvalue weighted by Crippen LogP contribution is -1.91. The molecule has 2 aromatic heterocycles. The molecule has 4 heteroatoms. The second-order valence-electron chi connectivity index (χ2n) is 3.91. The minimum atomic E-state index is 0.251. The number of hydrogen-bond donors (Lipinski definition) is 1. The molecule has 16 heavy (non-hydrogen) atoms. The molecule has 0 spiro atoms. The third-order valence-electron chi connectivity index (χ3n) is 2.91. The lowest BCUT2D eigenvalue weighted by Gasteiger charge is -2.02. The van der Waals surface area contributed by atoms with Crippen molar-refractivity contribution >= 4 is 21.9 Å². The van der Waals surface area contributed by atoms with Crippen molar-refractivity contribution in [1.82, 2.24) is 14.5 Å². The molecule has 0 atom stereocenters. The van der Waals surface area contributed by atoms with Gasteiger partial charge in [-0.1, -0.05) is 0 Å². The second-order valence-corrected chi connectivity index (χ2v) is 3.91. The van der Waals surface area contributed by atoms with E-state index >= 15 is 0 Å². The van der Waals surface area contributed by atoms with Crippen molar-refractivity contribution in [1.29, 1.82) is 0 Å². The molecule has 1 N–H and O–H groups in total. The highest BCUT2D eigenvalue weighted by molar-refractivity contribution is 6.02. The Morgan fingerprint density at radius 2 is 2.06 bits per heavy atom. The van der Waals surface area contributed by atoms with Gasteiger partial charge in [0, 0.05) is 12.4 Å². The normalized spacial score (nSPS) is 11.4. The highest BCUT2D eigenvalue weighted by atomic mass is 16.3. The first kappa shape index (κ1) is 9.15. The molecule has 80 valence electrons. The van der Waals surface area contributed by atoms with Crippen LogP contribution in [-0.4, -0.2) is 19.6 Å². The van der Waals surface area contributed by atoms with Crippen molar-refractivity contribution in [3.05, 3.63) is 30.2 Å². The lowest BCUT2D eigenvalue weighted by atomic mass is 10.2. The molecule has 0 unspecified atom stereocenters. The van der Waals surface area contributed by atoms with Gasteiger partial charge < -0.3 is 9.67 Å². The van der Waals surface area contributed by atoms with E-state index in [1.54, 1.807) is 18.3 Å². The number of hydrogen-bond acceptors (Lipinski definition) is 3. The number of aromatic nitrogens is 3. The molecule has 3 rings (SSSR count). The SMILES string of the molecule is Cc1nc2cnc3ccc(O)cc3c2n1C. The number of aryl methyl sites for hydroxylation is 2. The van der Waals surface area contributed by atoms with Gasteiger partial charge in [0.05, 0.1) is 17.2 Å². The molecule has 0 bridgehead atoms. The predicted molar refractivity (Wildman–Crippen MR) is 62.4 cm³/mol. The number of aromatic hydroxyl groups is 1. The highest BCUT2D eigenvalue weighted by Crippen LogP contribution is 2.26. The Kier molecular flexibility index (Phi) is 1.68. The number of pyridine rings is 1. The molecule has 0 saturated heterocycles. The van der Waals surface area contributed by atoms with Crippen LogP contribution in [0.4, 0.5) is 0 Å². The van der Waals surface area contributed by atoms with Crippen LogP contribution in [0.15, 0.2) is 24.4 Å². The maximum absolute atomic E-state index is 9.53. The Bertz CT molecular complexity index is 700. The van der Waals surface area contributed by atoms with E-state index in [0.29, 0.717) is 0 Å². The van der Waals surface area contributed by atoms with E-state index in [4.69, 9.17) is 0 Å². The van der Waals surface area contributed by atoms with E-state index in [9.17, 15) is 5.11 Å². The fourth-order valence-corrected chi connectivity index (χ4v) is 2.00.